The molecule has 0 radical (unpaired) electrons. The predicted molar refractivity (Wildman–Crippen MR) is 162 cm³/mol. The zero-order valence-corrected chi connectivity index (χ0v) is 23.5. The van der Waals surface area contributed by atoms with Crippen molar-refractivity contribution in [1.29, 1.82) is 0 Å². The summed E-state index contributed by atoms with van der Waals surface area (Å²) in [7, 11) is 0. The van der Waals surface area contributed by atoms with E-state index in [9.17, 15) is 9.90 Å². The van der Waals surface area contributed by atoms with E-state index in [1.807, 2.05) is 79.7 Å². The lowest BCUT2D eigenvalue weighted by atomic mass is 9.98. The number of ether oxygens (including phenoxy) is 2. The highest BCUT2D eigenvalue weighted by molar-refractivity contribution is 6.06. The Morgan fingerprint density at radius 2 is 1.49 bits per heavy atom. The third-order valence-corrected chi connectivity index (χ3v) is 7.22. The number of nitrogens with zero attached hydrogens (tertiary/aromatic N) is 1. The Balaban J connectivity index is 1.32. The molecule has 4 aromatic carbocycles. The summed E-state index contributed by atoms with van der Waals surface area (Å²) in [5.74, 6) is 0.234. The van der Waals surface area contributed by atoms with Gasteiger partial charge in [-0.2, -0.15) is 0 Å². The summed E-state index contributed by atoms with van der Waals surface area (Å²) in [6, 6.07) is 36.2. The second-order valence-electron chi connectivity index (χ2n) is 10.1. The Kier molecular flexibility index (Phi) is 9.14. The zero-order chi connectivity index (χ0) is 28.6. The van der Waals surface area contributed by atoms with Crippen molar-refractivity contribution in [3.8, 4) is 5.75 Å². The van der Waals surface area contributed by atoms with E-state index in [-0.39, 0.29) is 18.6 Å². The van der Waals surface area contributed by atoms with Gasteiger partial charge in [-0.25, -0.2) is 4.79 Å². The number of nitrogens with one attached hydrogen (secondary N) is 1. The maximum absolute atomic E-state index is 13.0. The Labute approximate surface area is 241 Å². The molecule has 0 saturated carbocycles. The molecule has 0 spiro atoms. The smallest absolute Gasteiger partial charge is 0.340 e. The predicted octanol–water partition coefficient (Wildman–Crippen LogP) is 6.29. The van der Waals surface area contributed by atoms with E-state index >= 15 is 0 Å². The first kappa shape index (κ1) is 28.1. The molecule has 1 atom stereocenters. The fraction of sp³-hybridized carbons (Fsp3) is 0.229. The van der Waals surface area contributed by atoms with Gasteiger partial charge in [-0.1, -0.05) is 91.0 Å². The number of hydrogen-bond acceptors (Lipinski definition) is 5. The molecule has 210 valence electrons. The van der Waals surface area contributed by atoms with Crippen molar-refractivity contribution in [3.05, 3.63) is 137 Å². The fourth-order valence-corrected chi connectivity index (χ4v) is 5.21. The van der Waals surface area contributed by atoms with Gasteiger partial charge >= 0.3 is 5.97 Å². The first-order valence-electron chi connectivity index (χ1n) is 14.0. The molecule has 0 unspecified atom stereocenters. The minimum atomic E-state index is -0.741. The number of aliphatic hydroxyl groups is 1. The maximum Gasteiger partial charge on any atom is 0.340 e. The number of carbonyl (C=O) groups is 1. The lowest BCUT2D eigenvalue weighted by Gasteiger charge is -2.22. The summed E-state index contributed by atoms with van der Waals surface area (Å²) in [4.78, 5) is 13.0. The van der Waals surface area contributed by atoms with Gasteiger partial charge in [0.1, 0.15) is 18.5 Å². The number of hydrogen-bond donors (Lipinski definition) is 2. The SMILES string of the molecule is CCOC(=O)c1c(C)n(Cc2ccccc2)c2ccc(OC[C@@H](O)CNC(c3ccccc3)c3ccccc3)cc12. The number of carbonyl (C=O) groups excluding carboxylic acids is 1. The van der Waals surface area contributed by atoms with Gasteiger partial charge in [-0.05, 0) is 48.7 Å². The van der Waals surface area contributed by atoms with Crippen LogP contribution in [-0.4, -0.2) is 41.5 Å². The van der Waals surface area contributed by atoms with Crippen LogP contribution in [-0.2, 0) is 11.3 Å². The number of aromatic nitrogens is 1. The summed E-state index contributed by atoms with van der Waals surface area (Å²) in [6.07, 6.45) is -0.741. The Morgan fingerprint density at radius 3 is 2.10 bits per heavy atom. The number of benzene rings is 4. The molecule has 0 fully saturated rings. The van der Waals surface area contributed by atoms with Crippen molar-refractivity contribution in [2.75, 3.05) is 19.8 Å². The molecule has 6 nitrogen and oxygen atoms in total. The van der Waals surface area contributed by atoms with Crippen LogP contribution in [0, 0.1) is 6.92 Å². The van der Waals surface area contributed by atoms with Gasteiger partial charge in [-0.15, -0.1) is 0 Å². The van der Waals surface area contributed by atoms with Gasteiger partial charge in [0.05, 0.1) is 18.2 Å². The third-order valence-electron chi connectivity index (χ3n) is 7.22. The second-order valence-corrected chi connectivity index (χ2v) is 10.1. The van der Waals surface area contributed by atoms with E-state index in [0.29, 0.717) is 31.0 Å². The van der Waals surface area contributed by atoms with Crippen LogP contribution in [0.3, 0.4) is 0 Å². The summed E-state index contributed by atoms with van der Waals surface area (Å²) < 4.78 is 13.6. The molecule has 6 heteroatoms. The highest BCUT2D eigenvalue weighted by Crippen LogP contribution is 2.31. The molecule has 5 aromatic rings. The average molecular weight is 549 g/mol. The Bertz CT molecular complexity index is 1530. The van der Waals surface area contributed by atoms with Crippen LogP contribution in [0.5, 0.6) is 5.75 Å². The van der Waals surface area contributed by atoms with E-state index < -0.39 is 6.10 Å². The van der Waals surface area contributed by atoms with Crippen LogP contribution >= 0.6 is 0 Å². The first-order chi connectivity index (χ1) is 20.0. The number of aliphatic hydroxyl groups excluding tert-OH is 1. The second kappa shape index (κ2) is 13.3. The molecule has 1 heterocycles. The van der Waals surface area contributed by atoms with Gasteiger partial charge in [0.15, 0.2) is 0 Å². The maximum atomic E-state index is 13.0. The van der Waals surface area contributed by atoms with Gasteiger partial charge < -0.3 is 24.5 Å². The average Bonchev–Trinajstić information content (AvgIpc) is 3.28. The molecule has 0 aliphatic heterocycles. The molecule has 0 amide bonds. The van der Waals surface area contributed by atoms with E-state index in [1.165, 1.54) is 0 Å². The van der Waals surface area contributed by atoms with Crippen molar-refractivity contribution in [2.45, 2.75) is 32.5 Å². The normalized spacial score (nSPS) is 12.0. The summed E-state index contributed by atoms with van der Waals surface area (Å²) in [6.45, 7) is 5.13. The minimum absolute atomic E-state index is 0.0529. The molecular weight excluding hydrogens is 512 g/mol. The van der Waals surface area contributed by atoms with Gasteiger partial charge in [0.25, 0.3) is 0 Å². The standard InChI is InChI=1S/C35H36N2O4/c1-3-40-35(39)33-25(2)37(23-26-13-7-4-8-14-26)32-20-19-30(21-31(32)33)41-24-29(38)22-36-34(27-15-9-5-10-16-27)28-17-11-6-12-18-28/h4-21,29,34,36,38H,3,22-24H2,1-2H3/t29-/m0/s1. The molecule has 2 N–H and O–H groups in total. The molecule has 1 aromatic heterocycles. The van der Waals surface area contributed by atoms with Gasteiger partial charge in [-0.3, -0.25) is 0 Å². The van der Waals surface area contributed by atoms with Crippen molar-refractivity contribution < 1.29 is 19.4 Å². The van der Waals surface area contributed by atoms with E-state index in [0.717, 1.165) is 33.3 Å². The molecule has 0 aliphatic carbocycles. The van der Waals surface area contributed by atoms with Crippen LogP contribution in [0.2, 0.25) is 0 Å². The molecule has 0 bridgehead atoms. The molecule has 0 saturated heterocycles. The van der Waals surface area contributed by atoms with Crippen LogP contribution in [0.15, 0.2) is 109 Å². The van der Waals surface area contributed by atoms with Crippen molar-refractivity contribution in [1.82, 2.24) is 9.88 Å². The molecule has 0 aliphatic rings. The topological polar surface area (TPSA) is 72.7 Å². The highest BCUT2D eigenvalue weighted by Gasteiger charge is 2.22. The van der Waals surface area contributed by atoms with Crippen molar-refractivity contribution in [3.63, 3.8) is 0 Å². The van der Waals surface area contributed by atoms with Gasteiger partial charge in [0, 0.05) is 29.7 Å². The lowest BCUT2D eigenvalue weighted by Crippen LogP contribution is -2.34. The van der Waals surface area contributed by atoms with Crippen LogP contribution in [0.25, 0.3) is 10.9 Å². The van der Waals surface area contributed by atoms with E-state index in [2.05, 4.69) is 46.3 Å². The van der Waals surface area contributed by atoms with E-state index in [4.69, 9.17) is 9.47 Å². The van der Waals surface area contributed by atoms with Crippen molar-refractivity contribution in [2.24, 2.45) is 0 Å². The molecular formula is C35H36N2O4. The summed E-state index contributed by atoms with van der Waals surface area (Å²) in [5, 5.41) is 15.1. The number of esters is 1. The molecule has 5 rings (SSSR count). The largest absolute Gasteiger partial charge is 0.491 e. The third kappa shape index (κ3) is 6.68. The van der Waals surface area contributed by atoms with Crippen LogP contribution in [0.1, 0.15) is 45.7 Å². The van der Waals surface area contributed by atoms with Crippen molar-refractivity contribution >= 4 is 16.9 Å². The summed E-state index contributed by atoms with van der Waals surface area (Å²) in [5.41, 5.74) is 5.70. The van der Waals surface area contributed by atoms with E-state index in [1.54, 1.807) is 6.92 Å². The van der Waals surface area contributed by atoms with Crippen LogP contribution < -0.4 is 10.1 Å². The van der Waals surface area contributed by atoms with Crippen LogP contribution in [0.4, 0.5) is 0 Å². The fourth-order valence-electron chi connectivity index (χ4n) is 5.21. The molecule has 41 heavy (non-hydrogen) atoms. The summed E-state index contributed by atoms with van der Waals surface area (Å²) >= 11 is 0. The quantitative estimate of drug-likeness (QED) is 0.179. The Hall–Kier alpha value is -4.39. The number of fused-ring (bicyclic) bond motifs is 1. The Morgan fingerprint density at radius 1 is 0.878 bits per heavy atom. The number of rotatable bonds is 12. The van der Waals surface area contributed by atoms with Gasteiger partial charge in [0.2, 0.25) is 0 Å². The lowest BCUT2D eigenvalue weighted by molar-refractivity contribution is 0.0527. The monoisotopic (exact) mass is 548 g/mol. The zero-order valence-electron chi connectivity index (χ0n) is 23.5. The highest BCUT2D eigenvalue weighted by atomic mass is 16.5. The minimum Gasteiger partial charge on any atom is -0.491 e. The first-order valence-corrected chi connectivity index (χ1v) is 14.0.